The van der Waals surface area contributed by atoms with Crippen LogP contribution in [0.4, 0.5) is 0 Å². The zero-order chi connectivity index (χ0) is 8.27. The third-order valence-corrected chi connectivity index (χ3v) is 1.29. The van der Waals surface area contributed by atoms with Gasteiger partial charge in [-0.2, -0.15) is 5.10 Å². The van der Waals surface area contributed by atoms with E-state index in [-0.39, 0.29) is 0 Å². The van der Waals surface area contributed by atoms with Crippen molar-refractivity contribution in [2.75, 3.05) is 6.54 Å². The highest BCUT2D eigenvalue weighted by molar-refractivity contribution is 5.85. The highest BCUT2D eigenvalue weighted by atomic mass is 15.4. The summed E-state index contributed by atoms with van der Waals surface area (Å²) in [6.07, 6.45) is 0. The van der Waals surface area contributed by atoms with Gasteiger partial charge in [-0.25, -0.2) is 10.4 Å². The number of aliphatic imine (C=N–C) groups is 1. The van der Waals surface area contributed by atoms with E-state index in [0.717, 1.165) is 18.2 Å². The first-order chi connectivity index (χ1) is 5.18. The number of nitrogens with one attached hydrogen (secondary N) is 2. The van der Waals surface area contributed by atoms with Crippen molar-refractivity contribution >= 4 is 11.7 Å². The van der Waals surface area contributed by atoms with E-state index < -0.39 is 0 Å². The summed E-state index contributed by atoms with van der Waals surface area (Å²) in [4.78, 5) is 4.18. The van der Waals surface area contributed by atoms with Crippen LogP contribution < -0.4 is 10.7 Å². The molecule has 4 heteroatoms. The third-order valence-electron chi connectivity index (χ3n) is 1.29. The Kier molecular flexibility index (Phi) is 2.46. The molecular weight excluding hydrogens is 140 g/mol. The maximum absolute atomic E-state index is 4.18. The van der Waals surface area contributed by atoms with Crippen molar-refractivity contribution in [3.8, 4) is 0 Å². The van der Waals surface area contributed by atoms with E-state index >= 15 is 0 Å². The van der Waals surface area contributed by atoms with E-state index in [1.54, 1.807) is 0 Å². The second-order valence-electron chi connectivity index (χ2n) is 2.91. The largest absolute Gasteiger partial charge is 0.351 e. The molecule has 0 aromatic carbocycles. The number of hydrazone groups is 1. The fraction of sp³-hybridized carbons (Fsp3) is 0.714. The molecule has 0 saturated carbocycles. The molecule has 0 aromatic heterocycles. The lowest BCUT2D eigenvalue weighted by Crippen LogP contribution is -2.35. The summed E-state index contributed by atoms with van der Waals surface area (Å²) in [5, 5.41) is 7.16. The van der Waals surface area contributed by atoms with Crippen LogP contribution in [-0.4, -0.2) is 24.3 Å². The van der Waals surface area contributed by atoms with Crippen molar-refractivity contribution in [3.05, 3.63) is 0 Å². The number of hydrogen-bond donors (Lipinski definition) is 2. The van der Waals surface area contributed by atoms with Gasteiger partial charge in [0.05, 0.1) is 6.54 Å². The molecule has 0 aromatic rings. The van der Waals surface area contributed by atoms with Crippen LogP contribution >= 0.6 is 0 Å². The van der Waals surface area contributed by atoms with Gasteiger partial charge in [0.15, 0.2) is 0 Å². The molecule has 1 aliphatic heterocycles. The Morgan fingerprint density at radius 1 is 1.73 bits per heavy atom. The molecule has 0 fully saturated rings. The summed E-state index contributed by atoms with van der Waals surface area (Å²) in [6, 6.07) is 0.435. The van der Waals surface area contributed by atoms with E-state index in [1.807, 2.05) is 13.8 Å². The number of hydrogen-bond acceptors (Lipinski definition) is 4. The molecule has 11 heavy (non-hydrogen) atoms. The molecule has 1 unspecified atom stereocenters. The number of rotatable bonds is 1. The molecule has 1 heterocycles. The first-order valence-corrected chi connectivity index (χ1v) is 3.76. The minimum Gasteiger partial charge on any atom is -0.351 e. The van der Waals surface area contributed by atoms with Gasteiger partial charge in [-0.3, -0.25) is 0 Å². The maximum Gasteiger partial charge on any atom is 0.212 e. The Hall–Kier alpha value is -1.06. The minimum absolute atomic E-state index is 0.435. The normalized spacial score (nSPS) is 22.1. The molecular formula is C7H14N4. The topological polar surface area (TPSA) is 48.8 Å². The fourth-order valence-corrected chi connectivity index (χ4v) is 0.785. The monoisotopic (exact) mass is 154 g/mol. The van der Waals surface area contributed by atoms with Gasteiger partial charge < -0.3 is 5.32 Å². The molecule has 0 amide bonds. The third kappa shape index (κ3) is 2.57. The molecule has 1 rings (SSSR count). The van der Waals surface area contributed by atoms with Crippen molar-refractivity contribution in [1.82, 2.24) is 10.7 Å². The van der Waals surface area contributed by atoms with Crippen LogP contribution in [0.15, 0.2) is 10.1 Å². The van der Waals surface area contributed by atoms with Gasteiger partial charge >= 0.3 is 0 Å². The lowest BCUT2D eigenvalue weighted by molar-refractivity contribution is 0.716. The van der Waals surface area contributed by atoms with Crippen LogP contribution in [0, 0.1) is 0 Å². The summed E-state index contributed by atoms with van der Waals surface area (Å²) in [6.45, 7) is 6.79. The van der Waals surface area contributed by atoms with Crippen molar-refractivity contribution in [2.24, 2.45) is 10.1 Å². The molecule has 1 atom stereocenters. The highest BCUT2D eigenvalue weighted by Crippen LogP contribution is 1.91. The van der Waals surface area contributed by atoms with Crippen LogP contribution in [0.5, 0.6) is 0 Å². The Labute approximate surface area is 66.8 Å². The van der Waals surface area contributed by atoms with E-state index in [1.165, 1.54) is 0 Å². The van der Waals surface area contributed by atoms with Crippen molar-refractivity contribution in [1.29, 1.82) is 0 Å². The van der Waals surface area contributed by atoms with E-state index in [4.69, 9.17) is 0 Å². The Morgan fingerprint density at radius 3 is 2.91 bits per heavy atom. The maximum atomic E-state index is 4.18. The Bertz CT molecular complexity index is 191. The summed E-state index contributed by atoms with van der Waals surface area (Å²) in [5.41, 5.74) is 3.83. The van der Waals surface area contributed by atoms with E-state index in [0.29, 0.717) is 6.04 Å². The first kappa shape index (κ1) is 8.04. The molecule has 2 N–H and O–H groups in total. The van der Waals surface area contributed by atoms with Gasteiger partial charge in [0.25, 0.3) is 0 Å². The second-order valence-corrected chi connectivity index (χ2v) is 2.91. The molecule has 0 aliphatic carbocycles. The predicted molar refractivity (Wildman–Crippen MR) is 46.8 cm³/mol. The molecule has 4 nitrogen and oxygen atoms in total. The summed E-state index contributed by atoms with van der Waals surface area (Å²) >= 11 is 0. The van der Waals surface area contributed by atoms with Crippen LogP contribution in [0.2, 0.25) is 0 Å². The van der Waals surface area contributed by atoms with Crippen LogP contribution in [-0.2, 0) is 0 Å². The van der Waals surface area contributed by atoms with E-state index in [2.05, 4.69) is 27.8 Å². The Morgan fingerprint density at radius 2 is 2.45 bits per heavy atom. The zero-order valence-electron chi connectivity index (χ0n) is 7.18. The van der Waals surface area contributed by atoms with Gasteiger partial charge in [-0.1, -0.05) is 0 Å². The second kappa shape index (κ2) is 3.37. The van der Waals surface area contributed by atoms with E-state index in [9.17, 15) is 0 Å². The summed E-state index contributed by atoms with van der Waals surface area (Å²) in [7, 11) is 0. The number of nitrogens with zero attached hydrogens (tertiary/aromatic N) is 2. The lowest BCUT2D eigenvalue weighted by atomic mass is 10.4. The predicted octanol–water partition coefficient (Wildman–Crippen LogP) is 0.319. The minimum atomic E-state index is 0.435. The highest BCUT2D eigenvalue weighted by Gasteiger charge is 2.10. The van der Waals surface area contributed by atoms with Crippen molar-refractivity contribution < 1.29 is 0 Å². The Balaban J connectivity index is 2.34. The van der Waals surface area contributed by atoms with Gasteiger partial charge in [0, 0.05) is 11.8 Å². The molecule has 0 radical (unpaired) electrons. The average molecular weight is 154 g/mol. The molecule has 0 spiro atoms. The summed E-state index contributed by atoms with van der Waals surface area (Å²) < 4.78 is 0. The zero-order valence-corrected chi connectivity index (χ0v) is 7.18. The first-order valence-electron chi connectivity index (χ1n) is 3.76. The lowest BCUT2D eigenvalue weighted by Gasteiger charge is -2.03. The SMILES string of the molecule is CC(C)=NNC1=NCC(C)N1. The average Bonchev–Trinajstić information content (AvgIpc) is 2.31. The standard InChI is InChI=1S/C7H14N4/c1-5(2)10-11-7-8-4-6(3)9-7/h6H,4H2,1-3H3,(H2,8,9,11). The number of guanidine groups is 1. The summed E-state index contributed by atoms with van der Waals surface area (Å²) in [5.74, 6) is 0.777. The molecule has 0 saturated heterocycles. The van der Waals surface area contributed by atoms with Crippen molar-refractivity contribution in [3.63, 3.8) is 0 Å². The molecule has 1 aliphatic rings. The van der Waals surface area contributed by atoms with Crippen LogP contribution in [0.1, 0.15) is 20.8 Å². The molecule has 0 bridgehead atoms. The van der Waals surface area contributed by atoms with Crippen molar-refractivity contribution in [2.45, 2.75) is 26.8 Å². The van der Waals surface area contributed by atoms with Gasteiger partial charge in [-0.05, 0) is 20.8 Å². The van der Waals surface area contributed by atoms with Crippen LogP contribution in [0.25, 0.3) is 0 Å². The molecule has 62 valence electrons. The van der Waals surface area contributed by atoms with Gasteiger partial charge in [-0.15, -0.1) is 0 Å². The van der Waals surface area contributed by atoms with Gasteiger partial charge in [0.1, 0.15) is 0 Å². The van der Waals surface area contributed by atoms with Gasteiger partial charge in [0.2, 0.25) is 5.96 Å². The fourth-order valence-electron chi connectivity index (χ4n) is 0.785. The smallest absolute Gasteiger partial charge is 0.212 e. The quantitative estimate of drug-likeness (QED) is 0.422. The van der Waals surface area contributed by atoms with Crippen LogP contribution in [0.3, 0.4) is 0 Å².